The minimum absolute atomic E-state index is 1.46. The molecule has 3 heteroatoms. The van der Waals surface area contributed by atoms with Crippen molar-refractivity contribution in [2.45, 2.75) is 33.1 Å². The van der Waals surface area contributed by atoms with Crippen LogP contribution in [0.1, 0.15) is 5.56 Å². The molecule has 1 aliphatic heterocycles. The Labute approximate surface area is 231 Å². The zero-order valence-electron chi connectivity index (χ0n) is 23.1. The van der Waals surface area contributed by atoms with E-state index in [1.54, 1.807) is 31.1 Å². The molecule has 0 radical (unpaired) electrons. The van der Waals surface area contributed by atoms with Crippen LogP contribution in [-0.4, -0.2) is 24.2 Å². The van der Waals surface area contributed by atoms with Crippen LogP contribution in [0.2, 0.25) is 26.2 Å². The highest BCUT2D eigenvalue weighted by molar-refractivity contribution is 7.26. The van der Waals surface area contributed by atoms with Crippen LogP contribution in [0.4, 0.5) is 0 Å². The zero-order chi connectivity index (χ0) is 26.5. The van der Waals surface area contributed by atoms with Gasteiger partial charge < -0.3 is 0 Å². The Morgan fingerprint density at radius 3 is 1.26 bits per heavy atom. The molecule has 5 aromatic carbocycles. The lowest BCUT2D eigenvalue weighted by molar-refractivity contribution is 1.50. The van der Waals surface area contributed by atoms with Gasteiger partial charge in [0.2, 0.25) is 0 Å². The molecule has 0 N–H and O–H groups in total. The molecular weight excluding hydrogens is 505 g/mol. The Hall–Kier alpha value is -3.25. The van der Waals surface area contributed by atoms with Crippen molar-refractivity contribution in [2.75, 3.05) is 0 Å². The molecule has 38 heavy (non-hydrogen) atoms. The van der Waals surface area contributed by atoms with Crippen LogP contribution in [0.15, 0.2) is 127 Å². The van der Waals surface area contributed by atoms with Gasteiger partial charge in [0, 0.05) is 0 Å². The summed E-state index contributed by atoms with van der Waals surface area (Å²) in [4.78, 5) is 0. The fraction of sp³-hybridized carbons (Fsp3) is 0.143. The highest BCUT2D eigenvalue weighted by Gasteiger charge is 2.50. The van der Waals surface area contributed by atoms with Gasteiger partial charge in [-0.25, -0.2) is 0 Å². The van der Waals surface area contributed by atoms with E-state index in [0.29, 0.717) is 0 Å². The average Bonchev–Trinajstić information content (AvgIpc) is 2.96. The summed E-state index contributed by atoms with van der Waals surface area (Å²) in [6.07, 6.45) is 0. The molecule has 0 unspecified atom stereocenters. The Morgan fingerprint density at radius 1 is 0.368 bits per heavy atom. The van der Waals surface area contributed by atoms with Crippen LogP contribution in [0.5, 0.6) is 0 Å². The first-order valence-electron chi connectivity index (χ1n) is 13.7. The third-order valence-electron chi connectivity index (χ3n) is 8.99. The SMILES string of the molecule is Cc1cccc2c1[Si](C)(C)c1ccccc1[Si](c1ccccc1)(c1ccccc1)c1ccccc1[Si]2(C)C. The van der Waals surface area contributed by atoms with Gasteiger partial charge in [0.15, 0.2) is 8.07 Å². The van der Waals surface area contributed by atoms with E-state index in [4.69, 9.17) is 0 Å². The topological polar surface area (TPSA) is 0 Å². The number of hydrogen-bond acceptors (Lipinski definition) is 0. The molecule has 0 spiro atoms. The number of fused-ring (bicyclic) bond motifs is 3. The van der Waals surface area contributed by atoms with E-state index in [1.165, 1.54) is 15.9 Å². The zero-order valence-corrected chi connectivity index (χ0v) is 26.1. The van der Waals surface area contributed by atoms with E-state index >= 15 is 0 Å². The van der Waals surface area contributed by atoms with Crippen LogP contribution >= 0.6 is 0 Å². The van der Waals surface area contributed by atoms with Gasteiger partial charge in [-0.15, -0.1) is 0 Å². The van der Waals surface area contributed by atoms with Crippen LogP contribution in [-0.2, 0) is 0 Å². The van der Waals surface area contributed by atoms with Crippen molar-refractivity contribution in [3.8, 4) is 0 Å². The second-order valence-electron chi connectivity index (χ2n) is 11.8. The van der Waals surface area contributed by atoms with Gasteiger partial charge in [0.25, 0.3) is 0 Å². The molecule has 0 fully saturated rings. The van der Waals surface area contributed by atoms with E-state index in [-0.39, 0.29) is 0 Å². The first kappa shape index (κ1) is 25.1. The summed E-state index contributed by atoms with van der Waals surface area (Å²) in [5.41, 5.74) is 1.46. The minimum Gasteiger partial charge on any atom is -0.0627 e. The van der Waals surface area contributed by atoms with Crippen molar-refractivity contribution in [2.24, 2.45) is 0 Å². The smallest absolute Gasteiger partial charge is 0.0627 e. The summed E-state index contributed by atoms with van der Waals surface area (Å²) >= 11 is 0. The molecule has 6 rings (SSSR count). The lowest BCUT2D eigenvalue weighted by Gasteiger charge is -2.39. The largest absolute Gasteiger partial charge is 0.179 e. The van der Waals surface area contributed by atoms with Crippen LogP contribution in [0, 0.1) is 6.92 Å². The number of rotatable bonds is 2. The quantitative estimate of drug-likeness (QED) is 0.301. The number of benzene rings is 5. The maximum absolute atomic E-state index is 2.66. The molecule has 188 valence electrons. The van der Waals surface area contributed by atoms with Gasteiger partial charge in [0.1, 0.15) is 16.1 Å². The monoisotopic (exact) mass is 540 g/mol. The van der Waals surface area contributed by atoms with Crippen molar-refractivity contribution in [1.29, 1.82) is 0 Å². The fourth-order valence-corrected chi connectivity index (χ4v) is 23.4. The summed E-state index contributed by atoms with van der Waals surface area (Å²) in [5, 5.41) is 12.6. The van der Waals surface area contributed by atoms with E-state index in [0.717, 1.165) is 0 Å². The molecule has 0 amide bonds. The summed E-state index contributed by atoms with van der Waals surface area (Å²) < 4.78 is 0. The Morgan fingerprint density at radius 2 is 0.763 bits per heavy atom. The van der Waals surface area contributed by atoms with E-state index in [9.17, 15) is 0 Å². The Kier molecular flexibility index (Phi) is 6.06. The van der Waals surface area contributed by atoms with Crippen molar-refractivity contribution >= 4 is 65.7 Å². The van der Waals surface area contributed by atoms with Gasteiger partial charge in [-0.2, -0.15) is 0 Å². The van der Waals surface area contributed by atoms with Crippen molar-refractivity contribution in [1.82, 2.24) is 0 Å². The van der Waals surface area contributed by atoms with Crippen molar-refractivity contribution in [3.05, 3.63) is 133 Å². The van der Waals surface area contributed by atoms with E-state index in [2.05, 4.69) is 161 Å². The molecule has 0 bridgehead atoms. The first-order valence-corrected chi connectivity index (χ1v) is 21.7. The maximum Gasteiger partial charge on any atom is 0.179 e. The van der Waals surface area contributed by atoms with Crippen molar-refractivity contribution < 1.29 is 0 Å². The molecule has 5 aromatic rings. The van der Waals surface area contributed by atoms with Crippen LogP contribution < -0.4 is 41.5 Å². The molecule has 0 aliphatic carbocycles. The Balaban J connectivity index is 1.93. The van der Waals surface area contributed by atoms with Gasteiger partial charge in [-0.05, 0) is 27.7 Å². The van der Waals surface area contributed by atoms with E-state index in [1.807, 2.05) is 0 Å². The van der Waals surface area contributed by atoms with E-state index < -0.39 is 24.2 Å². The lowest BCUT2D eigenvalue weighted by atomic mass is 10.2. The highest BCUT2D eigenvalue weighted by atomic mass is 28.3. The summed E-state index contributed by atoms with van der Waals surface area (Å²) in [6, 6.07) is 49.2. The predicted molar refractivity (Wildman–Crippen MR) is 175 cm³/mol. The number of aryl methyl sites for hydroxylation is 1. The van der Waals surface area contributed by atoms with Gasteiger partial charge in [-0.3, -0.25) is 0 Å². The standard InChI is InChI=1S/C35H36Si3/c1-27-17-16-26-34-35(27)37(4,5)31-23-13-15-25-33(31)38(28-18-8-6-9-19-28,29-20-10-7-11-21-29)32-24-14-12-22-30(32)36(34,2)3/h6-26H,1-5H3. The molecule has 0 aromatic heterocycles. The van der Waals surface area contributed by atoms with Gasteiger partial charge in [0.05, 0.1) is 0 Å². The van der Waals surface area contributed by atoms with Crippen LogP contribution in [0.3, 0.4) is 0 Å². The normalized spacial score (nSPS) is 16.7. The third kappa shape index (κ3) is 3.53. The summed E-state index contributed by atoms with van der Waals surface area (Å²) in [7, 11) is -6.85. The second kappa shape index (κ2) is 9.19. The second-order valence-corrected chi connectivity index (χ2v) is 24.2. The van der Waals surface area contributed by atoms with Crippen LogP contribution in [0.25, 0.3) is 0 Å². The molecule has 0 saturated carbocycles. The first-order chi connectivity index (χ1) is 18.3. The minimum atomic E-state index is -2.66. The predicted octanol–water partition coefficient (Wildman–Crippen LogP) is 3.33. The molecule has 0 nitrogen and oxygen atoms in total. The van der Waals surface area contributed by atoms with Crippen molar-refractivity contribution in [3.63, 3.8) is 0 Å². The van der Waals surface area contributed by atoms with Gasteiger partial charge in [-0.1, -0.05) is 180 Å². The molecule has 1 heterocycles. The molecule has 1 aliphatic rings. The average molecular weight is 541 g/mol. The lowest BCUT2D eigenvalue weighted by Crippen LogP contribution is -2.82. The molecular formula is C35H36Si3. The fourth-order valence-electron chi connectivity index (χ4n) is 7.32. The Bertz CT molecular complexity index is 1580. The molecule has 0 atom stereocenters. The highest BCUT2D eigenvalue weighted by Crippen LogP contribution is 2.17. The maximum atomic E-state index is 2.60. The third-order valence-corrected chi connectivity index (χ3v) is 21.9. The van der Waals surface area contributed by atoms with Gasteiger partial charge >= 0.3 is 0 Å². The number of hydrogen-bond donors (Lipinski definition) is 0. The summed E-state index contributed by atoms with van der Waals surface area (Å²) in [5.74, 6) is 0. The molecule has 0 saturated heterocycles. The summed E-state index contributed by atoms with van der Waals surface area (Å²) in [6.45, 7) is 12.8.